The third-order valence-corrected chi connectivity index (χ3v) is 14.7. The van der Waals surface area contributed by atoms with E-state index in [9.17, 15) is 0 Å². The smallest absolute Gasteiger partial charge is 0.197 e. The van der Waals surface area contributed by atoms with E-state index in [0.717, 1.165) is 38.8 Å². The first-order valence-corrected chi connectivity index (χ1v) is 21.8. The molecule has 8 aromatic carbocycles. The molecule has 0 amide bonds. The second-order valence-electron chi connectivity index (χ2n) is 18.4. The van der Waals surface area contributed by atoms with Crippen LogP contribution < -0.4 is 16.2 Å². The van der Waals surface area contributed by atoms with E-state index in [1.54, 1.807) is 0 Å². The molecule has 1 aliphatic heterocycles. The molecule has 0 atom stereocenters. The lowest BCUT2D eigenvalue weighted by molar-refractivity contribution is 0.590. The van der Waals surface area contributed by atoms with Gasteiger partial charge in [0.1, 0.15) is 11.2 Å². The molecule has 2 aliphatic rings. The summed E-state index contributed by atoms with van der Waals surface area (Å²) in [6, 6.07) is 54.3. The van der Waals surface area contributed by atoms with E-state index in [1.165, 1.54) is 92.0 Å². The van der Waals surface area contributed by atoms with Crippen molar-refractivity contribution in [3.63, 3.8) is 0 Å². The number of nitrogens with zero attached hydrogens (tertiary/aromatic N) is 1. The van der Waals surface area contributed by atoms with Gasteiger partial charge in [-0.1, -0.05) is 125 Å². The normalized spacial score (nSPS) is 14.0. The van der Waals surface area contributed by atoms with E-state index in [0.29, 0.717) is 0 Å². The Morgan fingerprint density at radius 2 is 1.37 bits per heavy atom. The molecule has 3 aromatic heterocycles. The van der Waals surface area contributed by atoms with Gasteiger partial charge >= 0.3 is 0 Å². The zero-order valence-electron chi connectivity index (χ0n) is 34.2. The molecular weight excluding hydrogens is 747 g/mol. The fourth-order valence-electron chi connectivity index (χ4n) is 10.5. The summed E-state index contributed by atoms with van der Waals surface area (Å²) >= 11 is 1.88. The first-order valence-electron chi connectivity index (χ1n) is 21.0. The topological polar surface area (TPSA) is 30.1 Å². The summed E-state index contributed by atoms with van der Waals surface area (Å²) in [5, 5.41) is 11.3. The van der Waals surface area contributed by atoms with Crippen LogP contribution in [0, 0.1) is 0 Å². The molecule has 5 heteroatoms. The number of rotatable bonds is 3. The summed E-state index contributed by atoms with van der Waals surface area (Å²) in [6.45, 7) is 11.6. The van der Waals surface area contributed by atoms with Crippen LogP contribution in [0.1, 0.15) is 51.3 Å². The van der Waals surface area contributed by atoms with Crippen LogP contribution in [0.2, 0.25) is 0 Å². The van der Waals surface area contributed by atoms with Gasteiger partial charge in [0.15, 0.2) is 7.28 Å². The van der Waals surface area contributed by atoms with E-state index in [-0.39, 0.29) is 10.8 Å². The number of benzene rings is 8. The van der Waals surface area contributed by atoms with Gasteiger partial charge in [0.2, 0.25) is 0 Å². The second kappa shape index (κ2) is 11.8. The molecule has 13 rings (SSSR count). The first kappa shape index (κ1) is 34.3. The minimum atomic E-state index is -0.149. The van der Waals surface area contributed by atoms with Crippen LogP contribution in [0.5, 0.6) is 0 Å². The maximum Gasteiger partial charge on any atom is 0.197 e. The van der Waals surface area contributed by atoms with Crippen molar-refractivity contribution >= 4 is 105 Å². The Balaban J connectivity index is 1.11. The van der Waals surface area contributed by atoms with Gasteiger partial charge in [0, 0.05) is 81.3 Å². The van der Waals surface area contributed by atoms with Crippen molar-refractivity contribution < 1.29 is 4.42 Å². The van der Waals surface area contributed by atoms with Crippen molar-refractivity contribution in [1.29, 1.82) is 0 Å². The molecule has 1 N–H and O–H groups in total. The van der Waals surface area contributed by atoms with Crippen LogP contribution in [0.15, 0.2) is 150 Å². The van der Waals surface area contributed by atoms with Gasteiger partial charge in [-0.25, -0.2) is 0 Å². The zero-order valence-corrected chi connectivity index (χ0v) is 35.0. The van der Waals surface area contributed by atoms with Crippen LogP contribution in [0.25, 0.3) is 91.9 Å². The monoisotopic (exact) mass is 787 g/mol. The number of hydrogen-bond donors (Lipinski definition) is 1. The Labute approximate surface area is 353 Å². The average molecular weight is 788 g/mol. The van der Waals surface area contributed by atoms with Crippen molar-refractivity contribution in [2.45, 2.75) is 45.4 Å². The molecule has 0 fully saturated rings. The highest BCUT2D eigenvalue weighted by Gasteiger charge is 2.37. The van der Waals surface area contributed by atoms with E-state index < -0.39 is 0 Å². The van der Waals surface area contributed by atoms with E-state index in [1.807, 2.05) is 11.3 Å². The number of anilines is 2. The molecule has 285 valence electrons. The standard InChI is InChI=1S/C55H40BN2OS/c1-54(2,3)30-18-20-31(21-19-30)57-45-26-37-32-12-6-9-15-42(32)55(4,5)43(37)25-38(45)35-22-23-36-39-24-40-33-13-7-10-16-48(33)59-49(40)29-46(39)58-47-27-41-34-14-8-11-17-50(34)60-51(41)28-44(47)56-52(35)53(36)58/h6-29,57H,1-5H3. The molecule has 11 aromatic rings. The summed E-state index contributed by atoms with van der Waals surface area (Å²) in [5.74, 6) is 0. The Morgan fingerprint density at radius 3 is 2.22 bits per heavy atom. The molecule has 0 spiro atoms. The summed E-state index contributed by atoms with van der Waals surface area (Å²) in [4.78, 5) is 0. The largest absolute Gasteiger partial charge is 0.456 e. The molecule has 1 radical (unpaired) electrons. The highest BCUT2D eigenvalue weighted by molar-refractivity contribution is 7.26. The summed E-state index contributed by atoms with van der Waals surface area (Å²) in [7, 11) is 2.46. The molecule has 0 saturated heterocycles. The van der Waals surface area contributed by atoms with Gasteiger partial charge in [-0.2, -0.15) is 0 Å². The molecule has 4 heterocycles. The third kappa shape index (κ3) is 4.67. The molecule has 60 heavy (non-hydrogen) atoms. The number of furan rings is 1. The second-order valence-corrected chi connectivity index (χ2v) is 19.5. The molecule has 1 aliphatic carbocycles. The van der Waals surface area contributed by atoms with Crippen LogP contribution in [-0.2, 0) is 10.8 Å². The Bertz CT molecular complexity index is 3670. The van der Waals surface area contributed by atoms with Crippen molar-refractivity contribution in [2.24, 2.45) is 0 Å². The molecule has 0 bridgehead atoms. The van der Waals surface area contributed by atoms with Crippen molar-refractivity contribution in [3.05, 3.63) is 162 Å². The first-order chi connectivity index (χ1) is 29.1. The lowest BCUT2D eigenvalue weighted by Crippen LogP contribution is -2.37. The van der Waals surface area contributed by atoms with Crippen molar-refractivity contribution in [2.75, 3.05) is 5.32 Å². The average Bonchev–Trinajstić information content (AvgIpc) is 3.96. The fourth-order valence-corrected chi connectivity index (χ4v) is 11.6. The van der Waals surface area contributed by atoms with E-state index >= 15 is 0 Å². The Morgan fingerprint density at radius 1 is 0.583 bits per heavy atom. The molecule has 0 saturated carbocycles. The minimum absolute atomic E-state index is 0.0757. The highest BCUT2D eigenvalue weighted by atomic mass is 32.1. The van der Waals surface area contributed by atoms with Gasteiger partial charge in [-0.05, 0) is 98.9 Å². The summed E-state index contributed by atoms with van der Waals surface area (Å²) in [5.41, 5.74) is 19.1. The number of para-hydroxylation sites is 1. The van der Waals surface area contributed by atoms with Gasteiger partial charge in [-0.3, -0.25) is 0 Å². The van der Waals surface area contributed by atoms with Crippen molar-refractivity contribution in [3.8, 4) is 27.9 Å². The quantitative estimate of drug-likeness (QED) is 0.181. The van der Waals surface area contributed by atoms with Gasteiger partial charge in [0.25, 0.3) is 0 Å². The maximum atomic E-state index is 6.56. The molecule has 3 nitrogen and oxygen atoms in total. The van der Waals surface area contributed by atoms with Crippen LogP contribution in [0.3, 0.4) is 0 Å². The van der Waals surface area contributed by atoms with Gasteiger partial charge in [0.05, 0.1) is 5.52 Å². The minimum Gasteiger partial charge on any atom is -0.456 e. The summed E-state index contributed by atoms with van der Waals surface area (Å²) < 4.78 is 11.7. The van der Waals surface area contributed by atoms with Crippen LogP contribution in [0.4, 0.5) is 11.4 Å². The Hall–Kier alpha value is -6.56. The lowest BCUT2D eigenvalue weighted by Gasteiger charge is -2.26. The van der Waals surface area contributed by atoms with E-state index in [2.05, 4.69) is 197 Å². The predicted molar refractivity (Wildman–Crippen MR) is 257 cm³/mol. The number of hydrogen-bond acceptors (Lipinski definition) is 3. The van der Waals surface area contributed by atoms with Crippen LogP contribution in [-0.4, -0.2) is 11.8 Å². The fraction of sp³-hybridized carbons (Fsp3) is 0.127. The summed E-state index contributed by atoms with van der Waals surface area (Å²) in [6.07, 6.45) is 0. The van der Waals surface area contributed by atoms with Crippen molar-refractivity contribution in [1.82, 2.24) is 4.57 Å². The van der Waals surface area contributed by atoms with Gasteiger partial charge in [-0.15, -0.1) is 11.3 Å². The molecule has 0 unspecified atom stereocenters. The lowest BCUT2D eigenvalue weighted by atomic mass is 9.59. The Kier molecular flexibility index (Phi) is 6.75. The number of aromatic nitrogens is 1. The van der Waals surface area contributed by atoms with E-state index in [4.69, 9.17) is 4.42 Å². The predicted octanol–water partition coefficient (Wildman–Crippen LogP) is 14.0. The number of nitrogens with one attached hydrogen (secondary N) is 1. The number of fused-ring (bicyclic) bond motifs is 14. The van der Waals surface area contributed by atoms with Crippen LogP contribution >= 0.6 is 11.3 Å². The maximum absolute atomic E-state index is 6.56. The zero-order chi connectivity index (χ0) is 40.2. The van der Waals surface area contributed by atoms with Gasteiger partial charge < -0.3 is 14.3 Å². The third-order valence-electron chi connectivity index (χ3n) is 13.6. The SMILES string of the molecule is CC(C)(C)c1ccc(Nc2cc3c(cc2-c2ccc4c5cc6c(cc5n5c4c2[B]c2cc4sc7ccccc7c4cc2-5)oc2ccccc26)C(C)(C)c2ccccc2-3)cc1. The highest BCUT2D eigenvalue weighted by Crippen LogP contribution is 2.52. The molecular formula is C55H40BN2OS. The number of thiophene rings is 1.